The van der Waals surface area contributed by atoms with Crippen LogP contribution < -0.4 is 5.32 Å². The molecule has 0 heterocycles. The molecule has 0 spiro atoms. The number of non-ortho nitro benzene ring substituents is 1. The van der Waals surface area contributed by atoms with Crippen molar-refractivity contribution in [3.05, 3.63) is 66.0 Å². The van der Waals surface area contributed by atoms with Crippen molar-refractivity contribution in [2.24, 2.45) is 0 Å². The van der Waals surface area contributed by atoms with E-state index in [2.05, 4.69) is 37.2 Å². The van der Waals surface area contributed by atoms with E-state index in [9.17, 15) is 14.9 Å². The van der Waals surface area contributed by atoms with Crippen molar-refractivity contribution in [2.75, 3.05) is 5.32 Å². The van der Waals surface area contributed by atoms with Crippen LogP contribution in [0.15, 0.2) is 45.3 Å². The fraction of sp³-hybridized carbons (Fsp3) is 0. The average Bonchev–Trinajstić information content (AvgIpc) is 2.43. The molecule has 0 saturated heterocycles. The van der Waals surface area contributed by atoms with Gasteiger partial charge >= 0.3 is 0 Å². The molecule has 0 radical (unpaired) electrons. The number of hydrogen-bond acceptors (Lipinski definition) is 3. The van der Waals surface area contributed by atoms with Crippen LogP contribution in [-0.4, -0.2) is 10.8 Å². The second kappa shape index (κ2) is 6.55. The summed E-state index contributed by atoms with van der Waals surface area (Å²) in [4.78, 5) is 22.3. The molecule has 1 amide bonds. The summed E-state index contributed by atoms with van der Waals surface area (Å²) in [6, 6.07) is 9.07. The summed E-state index contributed by atoms with van der Waals surface area (Å²) in [6.45, 7) is 0. The molecule has 0 aromatic heterocycles. The molecule has 8 heteroatoms. The summed E-state index contributed by atoms with van der Waals surface area (Å²) < 4.78 is 1.02. The number of benzene rings is 2. The number of anilines is 1. The van der Waals surface area contributed by atoms with Gasteiger partial charge in [-0.1, -0.05) is 17.7 Å². The fourth-order valence-corrected chi connectivity index (χ4v) is 2.63. The Kier molecular flexibility index (Phi) is 4.97. The summed E-state index contributed by atoms with van der Waals surface area (Å²) in [6.07, 6.45) is 0. The molecular formula is C13H7Br2ClN2O3. The normalized spacial score (nSPS) is 10.2. The third kappa shape index (κ3) is 3.61. The van der Waals surface area contributed by atoms with E-state index in [1.165, 1.54) is 18.2 Å². The summed E-state index contributed by atoms with van der Waals surface area (Å²) in [5.41, 5.74) is 0.651. The Balaban J connectivity index is 2.28. The topological polar surface area (TPSA) is 72.2 Å². The van der Waals surface area contributed by atoms with Gasteiger partial charge in [0.1, 0.15) is 0 Å². The van der Waals surface area contributed by atoms with Gasteiger partial charge in [-0.3, -0.25) is 14.9 Å². The van der Waals surface area contributed by atoms with E-state index in [0.29, 0.717) is 25.2 Å². The van der Waals surface area contributed by atoms with E-state index in [1.54, 1.807) is 18.2 Å². The Hall–Kier alpha value is -1.44. The van der Waals surface area contributed by atoms with Crippen molar-refractivity contribution >= 4 is 60.7 Å². The number of amides is 1. The maximum atomic E-state index is 12.2. The zero-order valence-electron chi connectivity index (χ0n) is 10.3. The number of halogens is 3. The van der Waals surface area contributed by atoms with Gasteiger partial charge in [-0.15, -0.1) is 0 Å². The van der Waals surface area contributed by atoms with Gasteiger partial charge in [-0.05, 0) is 50.1 Å². The summed E-state index contributed by atoms with van der Waals surface area (Å²) >= 11 is 12.5. The minimum Gasteiger partial charge on any atom is -0.321 e. The van der Waals surface area contributed by atoms with E-state index < -0.39 is 10.8 Å². The summed E-state index contributed by atoms with van der Waals surface area (Å²) in [7, 11) is 0. The van der Waals surface area contributed by atoms with E-state index in [1.807, 2.05) is 0 Å². The van der Waals surface area contributed by atoms with Gasteiger partial charge in [-0.25, -0.2) is 0 Å². The number of hydrogen-bond donors (Lipinski definition) is 1. The largest absolute Gasteiger partial charge is 0.321 e. The lowest BCUT2D eigenvalue weighted by Crippen LogP contribution is -2.13. The van der Waals surface area contributed by atoms with E-state index in [0.717, 1.165) is 0 Å². The van der Waals surface area contributed by atoms with Crippen molar-refractivity contribution in [1.29, 1.82) is 0 Å². The van der Waals surface area contributed by atoms with Crippen LogP contribution in [0.5, 0.6) is 0 Å². The first-order chi connectivity index (χ1) is 9.90. The van der Waals surface area contributed by atoms with Gasteiger partial charge in [0.15, 0.2) is 0 Å². The summed E-state index contributed by atoms with van der Waals surface area (Å²) in [5.74, 6) is -0.407. The van der Waals surface area contributed by atoms with Crippen molar-refractivity contribution in [2.45, 2.75) is 0 Å². The Morgan fingerprint density at radius 2 is 1.90 bits per heavy atom. The van der Waals surface area contributed by atoms with Crippen LogP contribution in [0, 0.1) is 10.1 Å². The lowest BCUT2D eigenvalue weighted by molar-refractivity contribution is -0.384. The zero-order chi connectivity index (χ0) is 15.6. The second-order valence-corrected chi connectivity index (χ2v) is 6.06. The molecular weight excluding hydrogens is 427 g/mol. The Labute approximate surface area is 141 Å². The summed E-state index contributed by atoms with van der Waals surface area (Å²) in [5, 5.41) is 13.6. The third-order valence-electron chi connectivity index (χ3n) is 2.61. The molecule has 2 aromatic rings. The smallest absolute Gasteiger partial charge is 0.270 e. The lowest BCUT2D eigenvalue weighted by atomic mass is 10.2. The first kappa shape index (κ1) is 15.9. The van der Waals surface area contributed by atoms with Crippen LogP contribution in [0.3, 0.4) is 0 Å². The van der Waals surface area contributed by atoms with Crippen LogP contribution in [0.2, 0.25) is 5.02 Å². The first-order valence-corrected chi connectivity index (χ1v) is 7.56. The highest BCUT2D eigenvalue weighted by Crippen LogP contribution is 2.30. The molecule has 0 atom stereocenters. The SMILES string of the molecule is O=C(Nc1ccc([N+](=O)[O-])cc1Br)c1cccc(Br)c1Cl. The number of carbonyl (C=O) groups excluding carboxylic acids is 1. The monoisotopic (exact) mass is 432 g/mol. The van der Waals surface area contributed by atoms with Crippen molar-refractivity contribution in [1.82, 2.24) is 0 Å². The van der Waals surface area contributed by atoms with Gasteiger partial charge < -0.3 is 5.32 Å². The minimum absolute atomic E-state index is 0.0691. The van der Waals surface area contributed by atoms with Gasteiger partial charge in [0.2, 0.25) is 0 Å². The molecule has 1 N–H and O–H groups in total. The number of nitrogens with one attached hydrogen (secondary N) is 1. The number of carbonyl (C=O) groups is 1. The van der Waals surface area contributed by atoms with Crippen LogP contribution >= 0.6 is 43.5 Å². The molecule has 2 aromatic carbocycles. The highest BCUT2D eigenvalue weighted by molar-refractivity contribution is 9.11. The maximum absolute atomic E-state index is 12.2. The second-order valence-electron chi connectivity index (χ2n) is 3.98. The van der Waals surface area contributed by atoms with Crippen molar-refractivity contribution in [3.8, 4) is 0 Å². The highest BCUT2D eigenvalue weighted by atomic mass is 79.9. The third-order valence-corrected chi connectivity index (χ3v) is 4.56. The van der Waals surface area contributed by atoms with E-state index >= 15 is 0 Å². The van der Waals surface area contributed by atoms with Crippen LogP contribution in [0.25, 0.3) is 0 Å². The van der Waals surface area contributed by atoms with Crippen molar-refractivity contribution < 1.29 is 9.72 Å². The number of nitro benzene ring substituents is 1. The Morgan fingerprint density at radius 3 is 2.52 bits per heavy atom. The van der Waals surface area contributed by atoms with Crippen LogP contribution in [0.4, 0.5) is 11.4 Å². The molecule has 0 unspecified atom stereocenters. The minimum atomic E-state index is -0.512. The molecule has 2 rings (SSSR count). The first-order valence-electron chi connectivity index (χ1n) is 5.59. The molecule has 0 fully saturated rings. The lowest BCUT2D eigenvalue weighted by Gasteiger charge is -2.09. The predicted octanol–water partition coefficient (Wildman–Crippen LogP) is 5.03. The molecule has 0 bridgehead atoms. The van der Waals surface area contributed by atoms with Gasteiger partial charge in [-0.2, -0.15) is 0 Å². The molecule has 0 aliphatic heterocycles. The standard InChI is InChI=1S/C13H7Br2ClN2O3/c14-9-3-1-2-8(12(9)16)13(19)17-11-5-4-7(18(20)21)6-10(11)15/h1-6H,(H,17,19). The van der Waals surface area contributed by atoms with Crippen LogP contribution in [0.1, 0.15) is 10.4 Å². The quantitative estimate of drug-likeness (QED) is 0.544. The Bertz CT molecular complexity index is 737. The molecule has 0 saturated carbocycles. The highest BCUT2D eigenvalue weighted by Gasteiger charge is 2.15. The maximum Gasteiger partial charge on any atom is 0.270 e. The van der Waals surface area contributed by atoms with E-state index in [-0.39, 0.29) is 5.69 Å². The van der Waals surface area contributed by atoms with Gasteiger partial charge in [0, 0.05) is 21.1 Å². The Morgan fingerprint density at radius 1 is 1.19 bits per heavy atom. The molecule has 108 valence electrons. The van der Waals surface area contributed by atoms with Gasteiger partial charge in [0.25, 0.3) is 11.6 Å². The zero-order valence-corrected chi connectivity index (χ0v) is 14.2. The van der Waals surface area contributed by atoms with Gasteiger partial charge in [0.05, 0.1) is 21.2 Å². The number of nitrogens with zero attached hydrogens (tertiary/aromatic N) is 1. The molecule has 21 heavy (non-hydrogen) atoms. The number of rotatable bonds is 3. The van der Waals surface area contributed by atoms with Crippen molar-refractivity contribution in [3.63, 3.8) is 0 Å². The molecule has 0 aliphatic carbocycles. The van der Waals surface area contributed by atoms with E-state index in [4.69, 9.17) is 11.6 Å². The molecule has 5 nitrogen and oxygen atoms in total. The number of nitro groups is 1. The molecule has 0 aliphatic rings. The van der Waals surface area contributed by atoms with Crippen LogP contribution in [-0.2, 0) is 0 Å². The predicted molar refractivity (Wildman–Crippen MR) is 87.9 cm³/mol. The fourth-order valence-electron chi connectivity index (χ4n) is 1.59. The average molecular weight is 434 g/mol.